The Morgan fingerprint density at radius 1 is 1.50 bits per heavy atom. The van der Waals surface area contributed by atoms with E-state index in [2.05, 4.69) is 5.32 Å². The van der Waals surface area contributed by atoms with Crippen LogP contribution < -0.4 is 11.1 Å². The van der Waals surface area contributed by atoms with Crippen LogP contribution in [0, 0.1) is 5.92 Å². The molecular formula is C10H22N2O2. The Morgan fingerprint density at radius 3 is 2.43 bits per heavy atom. The maximum atomic E-state index is 11.5. The lowest BCUT2D eigenvalue weighted by Gasteiger charge is -2.23. The smallest absolute Gasteiger partial charge is 0.237 e. The van der Waals surface area contributed by atoms with Gasteiger partial charge < -0.3 is 15.8 Å². The summed E-state index contributed by atoms with van der Waals surface area (Å²) in [5.74, 6) is 0.256. The molecule has 0 bridgehead atoms. The van der Waals surface area contributed by atoms with Gasteiger partial charge in [0.2, 0.25) is 5.91 Å². The Morgan fingerprint density at radius 2 is 2.07 bits per heavy atom. The molecule has 3 N–H and O–H groups in total. The Bertz CT molecular complexity index is 172. The summed E-state index contributed by atoms with van der Waals surface area (Å²) in [6, 6.07) is -0.363. The molecular weight excluding hydrogens is 180 g/mol. The molecule has 2 atom stereocenters. The van der Waals surface area contributed by atoms with Crippen molar-refractivity contribution in [3.8, 4) is 0 Å². The van der Waals surface area contributed by atoms with Gasteiger partial charge in [-0.1, -0.05) is 20.8 Å². The van der Waals surface area contributed by atoms with Gasteiger partial charge in [-0.25, -0.2) is 0 Å². The minimum Gasteiger partial charge on any atom is -0.383 e. The Kier molecular flexibility index (Phi) is 6.49. The number of carbonyl (C=O) groups is 1. The zero-order valence-corrected chi connectivity index (χ0v) is 9.54. The van der Waals surface area contributed by atoms with Crippen LogP contribution in [0.4, 0.5) is 0 Å². The highest BCUT2D eigenvalue weighted by Gasteiger charge is 2.18. The van der Waals surface area contributed by atoms with E-state index in [-0.39, 0.29) is 11.9 Å². The van der Waals surface area contributed by atoms with E-state index >= 15 is 0 Å². The van der Waals surface area contributed by atoms with E-state index in [9.17, 15) is 4.79 Å². The number of carbonyl (C=O) groups excluding carboxylic acids is 1. The molecule has 0 rings (SSSR count). The van der Waals surface area contributed by atoms with Crippen LogP contribution in [0.5, 0.6) is 0 Å². The number of rotatable bonds is 6. The average molecular weight is 202 g/mol. The number of methoxy groups -OCH3 is 1. The molecule has 1 amide bonds. The van der Waals surface area contributed by atoms with Gasteiger partial charge in [-0.2, -0.15) is 0 Å². The lowest BCUT2D eigenvalue weighted by molar-refractivity contribution is -0.123. The highest BCUT2D eigenvalue weighted by Crippen LogP contribution is 2.02. The third-order valence-corrected chi connectivity index (χ3v) is 2.26. The third-order valence-electron chi connectivity index (χ3n) is 2.26. The van der Waals surface area contributed by atoms with Crippen LogP contribution in [0.1, 0.15) is 27.2 Å². The first kappa shape index (κ1) is 13.4. The molecule has 0 aliphatic rings. The summed E-state index contributed by atoms with van der Waals surface area (Å²) in [6.07, 6.45) is 0.656. The van der Waals surface area contributed by atoms with E-state index in [4.69, 9.17) is 10.5 Å². The summed E-state index contributed by atoms with van der Waals surface area (Å²) in [4.78, 5) is 11.5. The molecule has 0 aliphatic heterocycles. The Hall–Kier alpha value is -0.610. The topological polar surface area (TPSA) is 64.4 Å². The van der Waals surface area contributed by atoms with Crippen LogP contribution in [0.15, 0.2) is 0 Å². The van der Waals surface area contributed by atoms with Gasteiger partial charge in [-0.15, -0.1) is 0 Å². The van der Waals surface area contributed by atoms with Gasteiger partial charge in [0.05, 0.1) is 18.7 Å². The molecule has 0 spiro atoms. The minimum absolute atomic E-state index is 0.0464. The summed E-state index contributed by atoms with van der Waals surface area (Å²) in [5.41, 5.74) is 5.61. The molecule has 84 valence electrons. The summed E-state index contributed by atoms with van der Waals surface area (Å²) in [7, 11) is 1.63. The van der Waals surface area contributed by atoms with Crippen molar-refractivity contribution in [3.05, 3.63) is 0 Å². The third kappa shape index (κ3) is 4.58. The fraction of sp³-hybridized carbons (Fsp3) is 0.900. The predicted octanol–water partition coefficient (Wildman–Crippen LogP) is 0.511. The molecule has 14 heavy (non-hydrogen) atoms. The molecule has 4 nitrogen and oxygen atoms in total. The van der Waals surface area contributed by atoms with Gasteiger partial charge in [-0.3, -0.25) is 4.79 Å². The second-order valence-electron chi connectivity index (χ2n) is 3.83. The first-order valence-electron chi connectivity index (χ1n) is 5.07. The van der Waals surface area contributed by atoms with E-state index in [0.29, 0.717) is 18.9 Å². The minimum atomic E-state index is -0.409. The normalized spacial score (nSPS) is 15.3. The van der Waals surface area contributed by atoms with Gasteiger partial charge >= 0.3 is 0 Å². The number of nitrogens with one attached hydrogen (secondary N) is 1. The number of nitrogens with two attached hydrogens (primary N) is 1. The van der Waals surface area contributed by atoms with Gasteiger partial charge in [0.1, 0.15) is 0 Å². The second kappa shape index (κ2) is 6.79. The van der Waals surface area contributed by atoms with Crippen molar-refractivity contribution in [1.82, 2.24) is 5.32 Å². The van der Waals surface area contributed by atoms with E-state index in [1.54, 1.807) is 7.11 Å². The molecule has 0 aromatic heterocycles. The van der Waals surface area contributed by atoms with Crippen LogP contribution in [0.3, 0.4) is 0 Å². The second-order valence-corrected chi connectivity index (χ2v) is 3.83. The lowest BCUT2D eigenvalue weighted by Crippen LogP contribution is -2.48. The van der Waals surface area contributed by atoms with Crippen molar-refractivity contribution in [2.24, 2.45) is 11.7 Å². The Labute approximate surface area is 86.2 Å². The maximum Gasteiger partial charge on any atom is 0.237 e. The zero-order valence-electron chi connectivity index (χ0n) is 9.54. The van der Waals surface area contributed by atoms with Gasteiger partial charge in [0.25, 0.3) is 0 Å². The monoisotopic (exact) mass is 202 g/mol. The van der Waals surface area contributed by atoms with Crippen molar-refractivity contribution in [3.63, 3.8) is 0 Å². The molecule has 4 heteroatoms. The molecule has 1 unspecified atom stereocenters. The largest absolute Gasteiger partial charge is 0.383 e. The first-order valence-corrected chi connectivity index (χ1v) is 5.07. The van der Waals surface area contributed by atoms with Crippen LogP contribution in [0.2, 0.25) is 0 Å². The van der Waals surface area contributed by atoms with Crippen molar-refractivity contribution < 1.29 is 9.53 Å². The molecule has 0 heterocycles. The van der Waals surface area contributed by atoms with Gasteiger partial charge in [0, 0.05) is 7.11 Å². The predicted molar refractivity (Wildman–Crippen MR) is 56.9 cm³/mol. The van der Waals surface area contributed by atoms with Crippen LogP contribution >= 0.6 is 0 Å². The summed E-state index contributed by atoms with van der Waals surface area (Å²) in [5, 5.41) is 2.88. The van der Waals surface area contributed by atoms with Crippen molar-refractivity contribution >= 4 is 5.91 Å². The van der Waals surface area contributed by atoms with Crippen molar-refractivity contribution in [2.45, 2.75) is 39.3 Å². The number of amides is 1. The molecule has 0 radical (unpaired) electrons. The Balaban J connectivity index is 4.08. The number of ether oxygens (including phenoxy) is 1. The molecule has 0 saturated carbocycles. The van der Waals surface area contributed by atoms with Gasteiger partial charge in [-0.05, 0) is 12.3 Å². The van der Waals surface area contributed by atoms with Gasteiger partial charge in [0.15, 0.2) is 0 Å². The zero-order chi connectivity index (χ0) is 11.1. The lowest BCUT2D eigenvalue weighted by atomic mass is 10.0. The highest BCUT2D eigenvalue weighted by molar-refractivity contribution is 5.81. The van der Waals surface area contributed by atoms with Crippen molar-refractivity contribution in [1.29, 1.82) is 0 Å². The summed E-state index contributed by atoms with van der Waals surface area (Å²) in [6.45, 7) is 6.51. The quantitative estimate of drug-likeness (QED) is 0.659. The van der Waals surface area contributed by atoms with E-state index < -0.39 is 6.04 Å². The SMILES string of the molecule is CC[C@@H](N)C(=O)NC(COC)C(C)C. The first-order chi connectivity index (χ1) is 6.52. The molecule has 0 fully saturated rings. The summed E-state index contributed by atoms with van der Waals surface area (Å²) < 4.78 is 5.02. The van der Waals surface area contributed by atoms with Crippen LogP contribution in [-0.4, -0.2) is 31.7 Å². The fourth-order valence-corrected chi connectivity index (χ4v) is 1.06. The number of hydrogen-bond acceptors (Lipinski definition) is 3. The molecule has 0 aromatic carbocycles. The van der Waals surface area contributed by atoms with Crippen LogP contribution in [-0.2, 0) is 9.53 Å². The van der Waals surface area contributed by atoms with E-state index in [0.717, 1.165) is 0 Å². The van der Waals surface area contributed by atoms with Crippen LogP contribution in [0.25, 0.3) is 0 Å². The van der Waals surface area contributed by atoms with Crippen molar-refractivity contribution in [2.75, 3.05) is 13.7 Å². The standard InChI is InChI=1S/C10H22N2O2/c1-5-8(11)10(13)12-9(6-14-4)7(2)3/h7-9H,5-6,11H2,1-4H3,(H,12,13)/t8-,9?/m1/s1. The summed E-state index contributed by atoms with van der Waals surface area (Å²) >= 11 is 0. The highest BCUT2D eigenvalue weighted by atomic mass is 16.5. The van der Waals surface area contributed by atoms with E-state index in [1.807, 2.05) is 20.8 Å². The molecule has 0 aliphatic carbocycles. The molecule has 0 aromatic rings. The van der Waals surface area contributed by atoms with E-state index in [1.165, 1.54) is 0 Å². The molecule has 0 saturated heterocycles. The fourth-order valence-electron chi connectivity index (χ4n) is 1.06. The maximum absolute atomic E-state index is 11.5. The average Bonchev–Trinajstić information content (AvgIpc) is 2.15. The number of hydrogen-bond donors (Lipinski definition) is 2.